The zero-order valence-electron chi connectivity index (χ0n) is 12.7. The van der Waals surface area contributed by atoms with Gasteiger partial charge >= 0.3 is 5.97 Å². The molecule has 6 nitrogen and oxygen atoms in total. The number of H-pyrrole nitrogens is 1. The minimum Gasteiger partial charge on any atom is -0.493 e. The highest BCUT2D eigenvalue weighted by molar-refractivity contribution is 5.70. The fraction of sp³-hybridized carbons (Fsp3) is 0.235. The molecular weight excluding hydrogens is 296 g/mol. The van der Waals surface area contributed by atoms with E-state index in [0.717, 1.165) is 5.56 Å². The minimum absolute atomic E-state index is 0.00360. The van der Waals surface area contributed by atoms with Crippen LogP contribution in [-0.2, 0) is 11.2 Å². The standard InChI is InChI=1S/C17H18N2O4/c1-2-12(17(22)23)10-13-15(20)18-14(19-16(13)21)9-8-11-6-4-3-5-7-11/h3-9,12H,2,10H2,1H3,(H,22,23)(H2,18,19,20,21). The maximum absolute atomic E-state index is 12.1. The molecule has 0 radical (unpaired) electrons. The van der Waals surface area contributed by atoms with E-state index in [1.165, 1.54) is 0 Å². The molecule has 1 aromatic heterocycles. The second-order valence-corrected chi connectivity index (χ2v) is 5.14. The Morgan fingerprint density at radius 3 is 2.57 bits per heavy atom. The number of rotatable bonds is 6. The number of aromatic hydroxyl groups is 1. The van der Waals surface area contributed by atoms with Gasteiger partial charge in [-0.3, -0.25) is 9.59 Å². The maximum atomic E-state index is 12.1. The summed E-state index contributed by atoms with van der Waals surface area (Å²) in [7, 11) is 0. The van der Waals surface area contributed by atoms with Gasteiger partial charge in [-0.05, 0) is 24.5 Å². The first-order chi connectivity index (χ1) is 11.0. The molecule has 1 unspecified atom stereocenters. The first kappa shape index (κ1) is 16.5. The van der Waals surface area contributed by atoms with Crippen molar-refractivity contribution in [3.8, 4) is 5.88 Å². The van der Waals surface area contributed by atoms with Gasteiger partial charge in [0.25, 0.3) is 5.56 Å². The van der Waals surface area contributed by atoms with Gasteiger partial charge in [0, 0.05) is 0 Å². The molecule has 0 saturated carbocycles. The monoisotopic (exact) mass is 314 g/mol. The van der Waals surface area contributed by atoms with Crippen molar-refractivity contribution in [3.05, 3.63) is 57.6 Å². The van der Waals surface area contributed by atoms with E-state index in [-0.39, 0.29) is 17.8 Å². The molecule has 1 atom stereocenters. The number of nitrogens with one attached hydrogen (secondary N) is 1. The van der Waals surface area contributed by atoms with Gasteiger partial charge in [0.1, 0.15) is 5.82 Å². The number of carboxylic acids is 1. The Morgan fingerprint density at radius 1 is 1.30 bits per heavy atom. The van der Waals surface area contributed by atoms with Crippen LogP contribution in [0.4, 0.5) is 0 Å². The van der Waals surface area contributed by atoms with Crippen molar-refractivity contribution in [1.82, 2.24) is 9.97 Å². The molecule has 1 heterocycles. The maximum Gasteiger partial charge on any atom is 0.306 e. The average molecular weight is 314 g/mol. The SMILES string of the molecule is CCC(Cc1c(O)nc(C=Cc2ccccc2)[nH]c1=O)C(=O)O. The second-order valence-electron chi connectivity index (χ2n) is 5.14. The summed E-state index contributed by atoms with van der Waals surface area (Å²) < 4.78 is 0. The van der Waals surface area contributed by atoms with E-state index in [4.69, 9.17) is 5.11 Å². The topological polar surface area (TPSA) is 103 Å². The molecular formula is C17H18N2O4. The molecule has 0 aliphatic carbocycles. The van der Waals surface area contributed by atoms with Gasteiger partial charge in [-0.25, -0.2) is 0 Å². The zero-order chi connectivity index (χ0) is 16.8. The van der Waals surface area contributed by atoms with Gasteiger partial charge in [0.05, 0.1) is 11.5 Å². The molecule has 1 aromatic carbocycles. The van der Waals surface area contributed by atoms with Crippen LogP contribution in [0.25, 0.3) is 12.2 Å². The van der Waals surface area contributed by atoms with Crippen LogP contribution in [0.3, 0.4) is 0 Å². The van der Waals surface area contributed by atoms with Gasteiger partial charge < -0.3 is 15.2 Å². The van der Waals surface area contributed by atoms with E-state index in [2.05, 4.69) is 9.97 Å². The highest BCUT2D eigenvalue weighted by Crippen LogP contribution is 2.17. The highest BCUT2D eigenvalue weighted by Gasteiger charge is 2.20. The van der Waals surface area contributed by atoms with Gasteiger partial charge in [0.2, 0.25) is 5.88 Å². The van der Waals surface area contributed by atoms with Crippen molar-refractivity contribution in [2.45, 2.75) is 19.8 Å². The molecule has 3 N–H and O–H groups in total. The molecule has 0 spiro atoms. The first-order valence-corrected chi connectivity index (χ1v) is 7.29. The summed E-state index contributed by atoms with van der Waals surface area (Å²) in [4.78, 5) is 29.6. The fourth-order valence-electron chi connectivity index (χ4n) is 2.16. The van der Waals surface area contributed by atoms with E-state index >= 15 is 0 Å². The lowest BCUT2D eigenvalue weighted by molar-refractivity contribution is -0.141. The summed E-state index contributed by atoms with van der Waals surface area (Å²) in [6, 6.07) is 9.44. The van der Waals surface area contributed by atoms with Crippen molar-refractivity contribution in [2.75, 3.05) is 0 Å². The second kappa shape index (κ2) is 7.40. The summed E-state index contributed by atoms with van der Waals surface area (Å²) in [5.41, 5.74) is 0.400. The smallest absolute Gasteiger partial charge is 0.306 e. The number of aromatic nitrogens is 2. The summed E-state index contributed by atoms with van der Waals surface area (Å²) in [5.74, 6) is -1.95. The largest absolute Gasteiger partial charge is 0.493 e. The average Bonchev–Trinajstić information content (AvgIpc) is 2.53. The normalized spacial score (nSPS) is 12.4. The van der Waals surface area contributed by atoms with Crippen LogP contribution >= 0.6 is 0 Å². The Morgan fingerprint density at radius 2 is 2.00 bits per heavy atom. The molecule has 2 aromatic rings. The van der Waals surface area contributed by atoms with E-state index < -0.39 is 23.3 Å². The molecule has 0 fully saturated rings. The number of carbonyl (C=O) groups is 1. The number of aromatic amines is 1. The highest BCUT2D eigenvalue weighted by atomic mass is 16.4. The quantitative estimate of drug-likeness (QED) is 0.759. The van der Waals surface area contributed by atoms with Crippen LogP contribution in [0, 0.1) is 5.92 Å². The Labute approximate surface area is 133 Å². The zero-order valence-corrected chi connectivity index (χ0v) is 12.7. The predicted octanol–water partition coefficient (Wildman–Crippen LogP) is 2.30. The molecule has 2 rings (SSSR count). The number of hydrogen-bond donors (Lipinski definition) is 3. The number of benzene rings is 1. The van der Waals surface area contributed by atoms with Crippen LogP contribution in [-0.4, -0.2) is 26.2 Å². The molecule has 0 aliphatic rings. The molecule has 0 saturated heterocycles. The van der Waals surface area contributed by atoms with Crippen LogP contribution in [0.2, 0.25) is 0 Å². The number of aliphatic carboxylic acids is 1. The number of carboxylic acid groups (broad SMARTS) is 1. The van der Waals surface area contributed by atoms with E-state index in [1.54, 1.807) is 19.1 Å². The van der Waals surface area contributed by atoms with Crippen molar-refractivity contribution >= 4 is 18.1 Å². The Balaban J connectivity index is 2.25. The third kappa shape index (κ3) is 4.29. The molecule has 6 heteroatoms. The lowest BCUT2D eigenvalue weighted by Gasteiger charge is -2.09. The number of hydrogen-bond acceptors (Lipinski definition) is 4. The Bertz CT molecular complexity index is 766. The minimum atomic E-state index is -1.00. The summed E-state index contributed by atoms with van der Waals surface area (Å²) >= 11 is 0. The predicted molar refractivity (Wildman–Crippen MR) is 87.0 cm³/mol. The Hall–Kier alpha value is -2.89. The summed E-state index contributed by atoms with van der Waals surface area (Å²) in [6.07, 6.45) is 3.64. The van der Waals surface area contributed by atoms with Crippen molar-refractivity contribution in [3.63, 3.8) is 0 Å². The van der Waals surface area contributed by atoms with E-state index in [1.807, 2.05) is 30.3 Å². The van der Waals surface area contributed by atoms with Gasteiger partial charge in [0.15, 0.2) is 0 Å². The van der Waals surface area contributed by atoms with Crippen LogP contribution in [0.1, 0.15) is 30.3 Å². The molecule has 120 valence electrons. The number of nitrogens with zero attached hydrogens (tertiary/aromatic N) is 1. The van der Waals surface area contributed by atoms with Crippen LogP contribution in [0.5, 0.6) is 5.88 Å². The fourth-order valence-corrected chi connectivity index (χ4v) is 2.16. The van der Waals surface area contributed by atoms with Gasteiger partial charge in [-0.15, -0.1) is 0 Å². The Kier molecular flexibility index (Phi) is 5.30. The molecule has 0 aliphatic heterocycles. The lowest BCUT2D eigenvalue weighted by atomic mass is 9.98. The molecule has 0 amide bonds. The first-order valence-electron chi connectivity index (χ1n) is 7.29. The third-order valence-corrected chi connectivity index (χ3v) is 3.54. The third-order valence-electron chi connectivity index (χ3n) is 3.54. The van der Waals surface area contributed by atoms with Gasteiger partial charge in [-0.2, -0.15) is 4.98 Å². The van der Waals surface area contributed by atoms with E-state index in [9.17, 15) is 14.7 Å². The van der Waals surface area contributed by atoms with Crippen LogP contribution < -0.4 is 5.56 Å². The molecule has 23 heavy (non-hydrogen) atoms. The van der Waals surface area contributed by atoms with Gasteiger partial charge in [-0.1, -0.05) is 43.3 Å². The van der Waals surface area contributed by atoms with Crippen molar-refractivity contribution in [2.24, 2.45) is 5.92 Å². The summed E-state index contributed by atoms with van der Waals surface area (Å²) in [5, 5.41) is 19.0. The molecule has 0 bridgehead atoms. The lowest BCUT2D eigenvalue weighted by Crippen LogP contribution is -2.22. The summed E-state index contributed by atoms with van der Waals surface area (Å²) in [6.45, 7) is 1.72. The van der Waals surface area contributed by atoms with E-state index in [0.29, 0.717) is 6.42 Å². The van der Waals surface area contributed by atoms with Crippen molar-refractivity contribution in [1.29, 1.82) is 0 Å². The van der Waals surface area contributed by atoms with Crippen molar-refractivity contribution < 1.29 is 15.0 Å². The van der Waals surface area contributed by atoms with Crippen LogP contribution in [0.15, 0.2) is 35.1 Å².